The molecule has 0 aliphatic rings. The summed E-state index contributed by atoms with van der Waals surface area (Å²) < 4.78 is 10.9. The number of nitrogens with two attached hydrogens (primary N) is 2. The van der Waals surface area contributed by atoms with Crippen LogP contribution in [0, 0.1) is 0 Å². The molecule has 1 aromatic carbocycles. The van der Waals surface area contributed by atoms with E-state index in [9.17, 15) is 0 Å². The molecule has 2 aromatic heterocycles. The zero-order valence-electron chi connectivity index (χ0n) is 13.1. The molecule has 0 aliphatic heterocycles. The van der Waals surface area contributed by atoms with Crippen LogP contribution >= 0.6 is 11.8 Å². The van der Waals surface area contributed by atoms with Crippen molar-refractivity contribution in [3.8, 4) is 17.2 Å². The maximum absolute atomic E-state index is 5.74. The highest BCUT2D eigenvalue weighted by Gasteiger charge is 2.18. The van der Waals surface area contributed by atoms with Crippen LogP contribution in [0.1, 0.15) is 18.1 Å². The van der Waals surface area contributed by atoms with Crippen molar-refractivity contribution in [2.24, 2.45) is 0 Å². The fraction of sp³-hybridized carbons (Fsp3) is 0.200. The molecule has 0 saturated heterocycles. The quantitative estimate of drug-likeness (QED) is 0.530. The number of methoxy groups -OCH3 is 1. The topological polar surface area (TPSA) is 126 Å². The summed E-state index contributed by atoms with van der Waals surface area (Å²) >= 11 is 1.34. The maximum Gasteiger partial charge on any atom is 0.247 e. The van der Waals surface area contributed by atoms with Crippen molar-refractivity contribution in [1.82, 2.24) is 20.2 Å². The maximum atomic E-state index is 5.74. The van der Waals surface area contributed by atoms with Crippen LogP contribution in [0.4, 0.5) is 11.6 Å². The molecule has 1 atom stereocenters. The normalized spacial score (nSPS) is 12.1. The Morgan fingerprint density at radius 1 is 1.08 bits per heavy atom. The Morgan fingerprint density at radius 3 is 2.38 bits per heavy atom. The average Bonchev–Trinajstić information content (AvgIpc) is 3.04. The van der Waals surface area contributed by atoms with Gasteiger partial charge in [-0.25, -0.2) is 9.97 Å². The van der Waals surface area contributed by atoms with Gasteiger partial charge >= 0.3 is 0 Å². The largest absolute Gasteiger partial charge is 0.497 e. The third-order valence-corrected chi connectivity index (χ3v) is 4.10. The Labute approximate surface area is 142 Å². The highest BCUT2D eigenvalue weighted by molar-refractivity contribution is 7.99. The summed E-state index contributed by atoms with van der Waals surface area (Å²) in [6.07, 6.45) is 0. The summed E-state index contributed by atoms with van der Waals surface area (Å²) in [4.78, 5) is 8.26. The van der Waals surface area contributed by atoms with Crippen molar-refractivity contribution < 1.29 is 9.15 Å². The van der Waals surface area contributed by atoms with Gasteiger partial charge in [-0.2, -0.15) is 0 Å². The fourth-order valence-electron chi connectivity index (χ4n) is 1.97. The van der Waals surface area contributed by atoms with Gasteiger partial charge in [0, 0.05) is 11.6 Å². The van der Waals surface area contributed by atoms with Crippen molar-refractivity contribution in [3.63, 3.8) is 0 Å². The number of ether oxygens (including phenoxy) is 1. The van der Waals surface area contributed by atoms with Gasteiger partial charge in [0.25, 0.3) is 0 Å². The monoisotopic (exact) mass is 344 g/mol. The van der Waals surface area contributed by atoms with E-state index in [2.05, 4.69) is 20.2 Å². The molecule has 0 saturated carbocycles. The van der Waals surface area contributed by atoms with Crippen LogP contribution < -0.4 is 16.2 Å². The van der Waals surface area contributed by atoms with Gasteiger partial charge in [0.2, 0.25) is 11.8 Å². The Hall–Kier alpha value is -2.81. The lowest BCUT2D eigenvalue weighted by Crippen LogP contribution is -2.00. The molecular weight excluding hydrogens is 328 g/mol. The van der Waals surface area contributed by atoms with E-state index >= 15 is 0 Å². The first-order valence-electron chi connectivity index (χ1n) is 7.09. The molecule has 0 aliphatic carbocycles. The molecule has 3 rings (SSSR count). The second-order valence-electron chi connectivity index (χ2n) is 4.93. The van der Waals surface area contributed by atoms with Gasteiger partial charge in [0.1, 0.15) is 17.4 Å². The molecule has 124 valence electrons. The van der Waals surface area contributed by atoms with E-state index in [-0.39, 0.29) is 5.25 Å². The summed E-state index contributed by atoms with van der Waals surface area (Å²) in [6.45, 7) is 1.92. The molecule has 0 radical (unpaired) electrons. The van der Waals surface area contributed by atoms with Crippen LogP contribution in [0.5, 0.6) is 5.75 Å². The van der Waals surface area contributed by atoms with Crippen LogP contribution in [0.3, 0.4) is 0 Å². The van der Waals surface area contributed by atoms with Gasteiger partial charge in [-0.1, -0.05) is 11.8 Å². The Morgan fingerprint density at radius 2 is 1.75 bits per heavy atom. The first kappa shape index (κ1) is 16.1. The Kier molecular flexibility index (Phi) is 4.52. The predicted molar refractivity (Wildman–Crippen MR) is 91.4 cm³/mol. The smallest absolute Gasteiger partial charge is 0.247 e. The summed E-state index contributed by atoms with van der Waals surface area (Å²) in [5.41, 5.74) is 12.2. The van der Waals surface area contributed by atoms with Crippen molar-refractivity contribution in [2.45, 2.75) is 17.3 Å². The molecule has 0 unspecified atom stereocenters. The van der Waals surface area contributed by atoms with E-state index in [0.717, 1.165) is 11.3 Å². The van der Waals surface area contributed by atoms with Crippen molar-refractivity contribution in [3.05, 3.63) is 36.2 Å². The number of aromatic nitrogens is 4. The Balaban J connectivity index is 1.76. The zero-order valence-corrected chi connectivity index (χ0v) is 13.9. The summed E-state index contributed by atoms with van der Waals surface area (Å²) in [5.74, 6) is 2.31. The molecule has 3 aromatic rings. The van der Waals surface area contributed by atoms with E-state index in [1.54, 1.807) is 7.11 Å². The number of hydrogen-bond acceptors (Lipinski definition) is 9. The number of nitrogen functional groups attached to an aromatic ring is 2. The predicted octanol–water partition coefficient (Wildman–Crippen LogP) is 2.55. The minimum atomic E-state index is -0.148. The molecule has 0 bridgehead atoms. The number of nitrogens with zero attached hydrogens (tertiary/aromatic N) is 4. The summed E-state index contributed by atoms with van der Waals surface area (Å²) in [6, 6.07) is 8.88. The second kappa shape index (κ2) is 6.75. The van der Waals surface area contributed by atoms with Gasteiger partial charge in [0.05, 0.1) is 12.4 Å². The molecule has 0 amide bonds. The zero-order chi connectivity index (χ0) is 17.1. The first-order valence-corrected chi connectivity index (χ1v) is 7.97. The molecule has 9 heteroatoms. The SMILES string of the molecule is COc1ccc(-c2nnc([C@H](C)Sc3nc(N)cc(N)n3)o2)cc1. The average molecular weight is 344 g/mol. The molecule has 4 N–H and O–H groups in total. The standard InChI is InChI=1S/C15H16N6O2S/c1-8(24-15-18-11(16)7-12(17)19-15)13-20-21-14(23-13)9-3-5-10(22-2)6-4-9/h3-8H,1-2H3,(H4,16,17,18,19)/t8-/m0/s1. The lowest BCUT2D eigenvalue weighted by Gasteiger charge is -2.06. The molecule has 2 heterocycles. The molecule has 0 fully saturated rings. The third-order valence-electron chi connectivity index (χ3n) is 3.15. The second-order valence-corrected chi connectivity index (χ2v) is 6.24. The first-order chi connectivity index (χ1) is 11.5. The molecular formula is C15H16N6O2S. The van der Waals surface area contributed by atoms with Crippen LogP contribution in [-0.2, 0) is 0 Å². The lowest BCUT2D eigenvalue weighted by molar-refractivity contribution is 0.415. The highest BCUT2D eigenvalue weighted by atomic mass is 32.2. The number of rotatable bonds is 5. The van der Waals surface area contributed by atoms with E-state index < -0.39 is 0 Å². The minimum Gasteiger partial charge on any atom is -0.497 e. The summed E-state index contributed by atoms with van der Waals surface area (Å²) in [7, 11) is 1.61. The molecule has 8 nitrogen and oxygen atoms in total. The van der Waals surface area contributed by atoms with Crippen LogP contribution in [0.25, 0.3) is 11.5 Å². The van der Waals surface area contributed by atoms with Gasteiger partial charge in [-0.3, -0.25) is 0 Å². The summed E-state index contributed by atoms with van der Waals surface area (Å²) in [5, 5.41) is 8.48. The number of benzene rings is 1. The van der Waals surface area contributed by atoms with Crippen LogP contribution in [0.2, 0.25) is 0 Å². The Bertz CT molecular complexity index is 816. The van der Waals surface area contributed by atoms with E-state index in [0.29, 0.717) is 28.6 Å². The number of hydrogen-bond donors (Lipinski definition) is 2. The van der Waals surface area contributed by atoms with Gasteiger partial charge in [0.15, 0.2) is 5.16 Å². The van der Waals surface area contributed by atoms with Crippen molar-refractivity contribution in [1.29, 1.82) is 0 Å². The fourth-order valence-corrected chi connectivity index (χ4v) is 2.80. The van der Waals surface area contributed by atoms with Gasteiger partial charge < -0.3 is 20.6 Å². The van der Waals surface area contributed by atoms with E-state index in [1.807, 2.05) is 31.2 Å². The molecule has 0 spiro atoms. The highest BCUT2D eigenvalue weighted by Crippen LogP contribution is 2.34. The lowest BCUT2D eigenvalue weighted by atomic mass is 10.2. The van der Waals surface area contributed by atoms with E-state index in [4.69, 9.17) is 20.6 Å². The van der Waals surface area contributed by atoms with Gasteiger partial charge in [-0.05, 0) is 31.2 Å². The van der Waals surface area contributed by atoms with Crippen LogP contribution in [-0.4, -0.2) is 27.3 Å². The minimum absolute atomic E-state index is 0.148. The third kappa shape index (κ3) is 3.57. The number of anilines is 2. The van der Waals surface area contributed by atoms with Crippen molar-refractivity contribution >= 4 is 23.4 Å². The van der Waals surface area contributed by atoms with Crippen molar-refractivity contribution in [2.75, 3.05) is 18.6 Å². The van der Waals surface area contributed by atoms with E-state index in [1.165, 1.54) is 17.8 Å². The van der Waals surface area contributed by atoms with Gasteiger partial charge in [-0.15, -0.1) is 10.2 Å². The molecule has 24 heavy (non-hydrogen) atoms. The number of thioether (sulfide) groups is 1. The van der Waals surface area contributed by atoms with Crippen LogP contribution in [0.15, 0.2) is 39.9 Å².